The summed E-state index contributed by atoms with van der Waals surface area (Å²) in [6, 6.07) is 10.1. The molecule has 0 bridgehead atoms. The van der Waals surface area contributed by atoms with Gasteiger partial charge in [0.25, 0.3) is 5.69 Å². The highest BCUT2D eigenvalue weighted by molar-refractivity contribution is 5.79. The third kappa shape index (κ3) is 4.36. The van der Waals surface area contributed by atoms with Crippen LogP contribution in [-0.4, -0.2) is 23.5 Å². The number of amides is 1. The fraction of sp³-hybridized carbons (Fsp3) is 0.350. The molecule has 0 spiro atoms. The Morgan fingerprint density at radius 2 is 2.11 bits per heavy atom. The summed E-state index contributed by atoms with van der Waals surface area (Å²) < 4.78 is 11.5. The third-order valence-corrected chi connectivity index (χ3v) is 4.39. The number of carbonyl (C=O) groups excluding carboxylic acids is 1. The van der Waals surface area contributed by atoms with Crippen LogP contribution in [0.1, 0.15) is 30.5 Å². The van der Waals surface area contributed by atoms with E-state index in [4.69, 9.17) is 9.47 Å². The summed E-state index contributed by atoms with van der Waals surface area (Å²) in [6.07, 6.45) is 0.900. The largest absolute Gasteiger partial charge is 0.494 e. The first-order chi connectivity index (χ1) is 13.0. The Morgan fingerprint density at radius 3 is 2.85 bits per heavy atom. The molecule has 1 amide bonds. The number of nitro benzene ring substituents is 1. The van der Waals surface area contributed by atoms with E-state index in [0.717, 1.165) is 29.0 Å². The Kier molecular flexibility index (Phi) is 5.59. The Labute approximate surface area is 157 Å². The highest BCUT2D eigenvalue weighted by atomic mass is 16.6. The van der Waals surface area contributed by atoms with Crippen LogP contribution in [0.15, 0.2) is 36.4 Å². The Hall–Kier alpha value is -3.09. The number of carbonyl (C=O) groups is 1. The van der Waals surface area contributed by atoms with Crippen LogP contribution in [0.3, 0.4) is 0 Å². The average Bonchev–Trinajstić information content (AvgIpc) is 2.99. The highest BCUT2D eigenvalue weighted by Gasteiger charge is 2.22. The molecule has 142 valence electrons. The van der Waals surface area contributed by atoms with Gasteiger partial charge in [-0.2, -0.15) is 0 Å². The van der Waals surface area contributed by atoms with Gasteiger partial charge in [-0.1, -0.05) is 18.2 Å². The Morgan fingerprint density at radius 1 is 1.33 bits per heavy atom. The van der Waals surface area contributed by atoms with Gasteiger partial charge in [0.15, 0.2) is 0 Å². The molecule has 0 saturated carbocycles. The molecule has 0 unspecified atom stereocenters. The molecule has 1 atom stereocenters. The van der Waals surface area contributed by atoms with Crippen molar-refractivity contribution in [3.05, 3.63) is 63.2 Å². The van der Waals surface area contributed by atoms with Crippen LogP contribution >= 0.6 is 0 Å². The monoisotopic (exact) mass is 370 g/mol. The van der Waals surface area contributed by atoms with Gasteiger partial charge in [0.05, 0.1) is 18.0 Å². The second kappa shape index (κ2) is 8.07. The molecule has 2 aromatic carbocycles. The minimum absolute atomic E-state index is 0.0532. The maximum absolute atomic E-state index is 12.3. The van der Waals surface area contributed by atoms with Crippen molar-refractivity contribution in [2.75, 3.05) is 6.61 Å². The number of nitrogens with one attached hydrogen (secondary N) is 1. The molecule has 1 N–H and O–H groups in total. The second-order valence-electron chi connectivity index (χ2n) is 6.47. The van der Waals surface area contributed by atoms with E-state index >= 15 is 0 Å². The molecule has 0 radical (unpaired) electrons. The fourth-order valence-corrected chi connectivity index (χ4v) is 3.18. The van der Waals surface area contributed by atoms with E-state index < -0.39 is 4.92 Å². The van der Waals surface area contributed by atoms with Crippen LogP contribution in [0.2, 0.25) is 0 Å². The third-order valence-electron chi connectivity index (χ3n) is 4.39. The predicted octanol–water partition coefficient (Wildman–Crippen LogP) is 3.18. The van der Waals surface area contributed by atoms with Gasteiger partial charge in [-0.05, 0) is 26.0 Å². The van der Waals surface area contributed by atoms with E-state index in [2.05, 4.69) is 5.32 Å². The van der Waals surface area contributed by atoms with Gasteiger partial charge in [0.1, 0.15) is 17.6 Å². The lowest BCUT2D eigenvalue weighted by Gasteiger charge is -2.13. The Bertz CT molecular complexity index is 865. The number of nitro groups is 1. The molecule has 1 heterocycles. The SMILES string of the molecule is CCOc1cc2c(cc1CNC(=O)Cc1ccccc1[N+](=O)[O-])O[C@H](C)C2. The van der Waals surface area contributed by atoms with Gasteiger partial charge >= 0.3 is 0 Å². The van der Waals surface area contributed by atoms with Gasteiger partial charge in [0, 0.05) is 35.7 Å². The van der Waals surface area contributed by atoms with E-state index in [-0.39, 0.29) is 30.7 Å². The molecule has 3 rings (SSSR count). The summed E-state index contributed by atoms with van der Waals surface area (Å²) in [5.74, 6) is 1.25. The summed E-state index contributed by atoms with van der Waals surface area (Å²) in [4.78, 5) is 22.9. The number of ether oxygens (including phenoxy) is 2. The first kappa shape index (κ1) is 18.7. The molecule has 7 heteroatoms. The van der Waals surface area contributed by atoms with Crippen molar-refractivity contribution in [2.45, 2.75) is 39.3 Å². The lowest BCUT2D eigenvalue weighted by atomic mass is 10.1. The van der Waals surface area contributed by atoms with Crippen molar-refractivity contribution in [2.24, 2.45) is 0 Å². The number of rotatable bonds is 7. The normalized spacial score (nSPS) is 15.0. The first-order valence-electron chi connectivity index (χ1n) is 8.92. The molecule has 0 aromatic heterocycles. The van der Waals surface area contributed by atoms with Crippen molar-refractivity contribution < 1.29 is 19.2 Å². The predicted molar refractivity (Wildman–Crippen MR) is 100 cm³/mol. The number of fused-ring (bicyclic) bond motifs is 1. The molecular formula is C20H22N2O5. The minimum Gasteiger partial charge on any atom is -0.494 e. The lowest BCUT2D eigenvalue weighted by molar-refractivity contribution is -0.385. The van der Waals surface area contributed by atoms with Crippen LogP contribution in [0, 0.1) is 10.1 Å². The molecule has 7 nitrogen and oxygen atoms in total. The number of hydrogen-bond donors (Lipinski definition) is 1. The molecule has 1 aliphatic rings. The molecular weight excluding hydrogens is 348 g/mol. The van der Waals surface area contributed by atoms with E-state index in [9.17, 15) is 14.9 Å². The highest BCUT2D eigenvalue weighted by Crippen LogP contribution is 2.35. The average molecular weight is 370 g/mol. The van der Waals surface area contributed by atoms with Gasteiger partial charge < -0.3 is 14.8 Å². The number of nitrogens with zero attached hydrogens (tertiary/aromatic N) is 1. The zero-order valence-corrected chi connectivity index (χ0v) is 15.4. The van der Waals surface area contributed by atoms with Crippen molar-refractivity contribution in [1.29, 1.82) is 0 Å². The van der Waals surface area contributed by atoms with E-state index in [1.54, 1.807) is 18.2 Å². The van der Waals surface area contributed by atoms with Crippen molar-refractivity contribution in [3.63, 3.8) is 0 Å². The maximum Gasteiger partial charge on any atom is 0.273 e. The number of benzene rings is 2. The first-order valence-corrected chi connectivity index (χ1v) is 8.92. The van der Waals surface area contributed by atoms with Gasteiger partial charge in [0.2, 0.25) is 5.91 Å². The Balaban J connectivity index is 1.70. The van der Waals surface area contributed by atoms with Crippen molar-refractivity contribution in [3.8, 4) is 11.5 Å². The smallest absolute Gasteiger partial charge is 0.273 e. The quantitative estimate of drug-likeness (QED) is 0.597. The summed E-state index contributed by atoms with van der Waals surface area (Å²) in [5.41, 5.74) is 2.25. The minimum atomic E-state index is -0.477. The van der Waals surface area contributed by atoms with Crippen LogP contribution in [0.4, 0.5) is 5.69 Å². The lowest BCUT2D eigenvalue weighted by Crippen LogP contribution is -2.25. The second-order valence-corrected chi connectivity index (χ2v) is 6.47. The van der Waals surface area contributed by atoms with Crippen LogP contribution in [0.25, 0.3) is 0 Å². The van der Waals surface area contributed by atoms with Gasteiger partial charge in [-0.3, -0.25) is 14.9 Å². The van der Waals surface area contributed by atoms with E-state index in [1.807, 2.05) is 26.0 Å². The van der Waals surface area contributed by atoms with E-state index in [1.165, 1.54) is 6.07 Å². The summed E-state index contributed by atoms with van der Waals surface area (Å²) in [7, 11) is 0. The zero-order valence-electron chi connectivity index (χ0n) is 15.4. The number of hydrogen-bond acceptors (Lipinski definition) is 5. The van der Waals surface area contributed by atoms with Crippen LogP contribution in [0.5, 0.6) is 11.5 Å². The van der Waals surface area contributed by atoms with Crippen LogP contribution in [-0.2, 0) is 24.2 Å². The molecule has 2 aromatic rings. The maximum atomic E-state index is 12.3. The van der Waals surface area contributed by atoms with E-state index in [0.29, 0.717) is 12.2 Å². The van der Waals surface area contributed by atoms with Crippen molar-refractivity contribution >= 4 is 11.6 Å². The molecule has 0 aliphatic carbocycles. The molecule has 1 aliphatic heterocycles. The number of para-hydroxylation sites is 1. The standard InChI is InChI=1S/C20H22N2O5/c1-3-26-18-9-15-8-13(2)27-19(15)10-16(18)12-21-20(23)11-14-6-4-5-7-17(14)22(24)25/h4-7,9-10,13H,3,8,11-12H2,1-2H3,(H,21,23)/t13-/m1/s1. The fourth-order valence-electron chi connectivity index (χ4n) is 3.18. The summed E-state index contributed by atoms with van der Waals surface area (Å²) >= 11 is 0. The van der Waals surface area contributed by atoms with Crippen molar-refractivity contribution in [1.82, 2.24) is 5.32 Å². The topological polar surface area (TPSA) is 90.7 Å². The van der Waals surface area contributed by atoms with Crippen LogP contribution < -0.4 is 14.8 Å². The molecule has 0 fully saturated rings. The molecule has 27 heavy (non-hydrogen) atoms. The summed E-state index contributed by atoms with van der Waals surface area (Å²) in [6.45, 7) is 4.70. The molecule has 0 saturated heterocycles. The zero-order chi connectivity index (χ0) is 19.4. The van der Waals surface area contributed by atoms with Gasteiger partial charge in [-0.15, -0.1) is 0 Å². The summed E-state index contributed by atoms with van der Waals surface area (Å²) in [5, 5.41) is 13.9. The van der Waals surface area contributed by atoms with Gasteiger partial charge in [-0.25, -0.2) is 0 Å².